The number of anilines is 3. The lowest BCUT2D eigenvalue weighted by Gasteiger charge is -2.24. The average Bonchev–Trinajstić information content (AvgIpc) is 2.96. The van der Waals surface area contributed by atoms with Gasteiger partial charge in [-0.05, 0) is 37.3 Å². The molecule has 0 atom stereocenters. The van der Waals surface area contributed by atoms with Crippen LogP contribution in [0.2, 0.25) is 0 Å². The highest BCUT2D eigenvalue weighted by atomic mass is 16.5. The summed E-state index contributed by atoms with van der Waals surface area (Å²) in [5.41, 5.74) is 5.01. The van der Waals surface area contributed by atoms with Crippen molar-refractivity contribution < 1.29 is 13.9 Å². The minimum Gasteiger partial charge on any atom is -0.495 e. The average molecular weight is 357 g/mol. The number of ether oxygens (including phenoxy) is 2. The van der Waals surface area contributed by atoms with E-state index in [0.717, 1.165) is 39.4 Å². The van der Waals surface area contributed by atoms with Crippen LogP contribution in [-0.4, -0.2) is 7.11 Å². The van der Waals surface area contributed by atoms with Gasteiger partial charge in [-0.1, -0.05) is 42.0 Å². The first kappa shape index (κ1) is 15.8. The summed E-state index contributed by atoms with van der Waals surface area (Å²) < 4.78 is 18.2. The topological polar surface area (TPSA) is 34.8 Å². The number of fused-ring (bicyclic) bond motifs is 4. The van der Waals surface area contributed by atoms with Crippen molar-refractivity contribution in [3.8, 4) is 11.5 Å². The summed E-state index contributed by atoms with van der Waals surface area (Å²) in [4.78, 5) is 2.09. The van der Waals surface area contributed by atoms with E-state index in [9.17, 15) is 0 Å². The molecule has 27 heavy (non-hydrogen) atoms. The molecule has 1 aromatic heterocycles. The van der Waals surface area contributed by atoms with E-state index < -0.39 is 0 Å². The van der Waals surface area contributed by atoms with Gasteiger partial charge in [-0.3, -0.25) is 4.90 Å². The lowest BCUT2D eigenvalue weighted by atomic mass is 10.1. The van der Waals surface area contributed by atoms with Gasteiger partial charge in [0.15, 0.2) is 5.75 Å². The summed E-state index contributed by atoms with van der Waals surface area (Å²) in [5.74, 6) is 2.21. The number of para-hydroxylation sites is 3. The zero-order chi connectivity index (χ0) is 18.4. The molecule has 4 nitrogen and oxygen atoms in total. The van der Waals surface area contributed by atoms with Crippen LogP contribution in [0, 0.1) is 6.92 Å². The monoisotopic (exact) mass is 357 g/mol. The Hall–Kier alpha value is -3.40. The molecule has 134 valence electrons. The molecule has 0 fully saturated rings. The van der Waals surface area contributed by atoms with Gasteiger partial charge < -0.3 is 13.9 Å². The Balaban J connectivity index is 1.84. The first-order valence-electron chi connectivity index (χ1n) is 8.93. The van der Waals surface area contributed by atoms with E-state index >= 15 is 0 Å². The summed E-state index contributed by atoms with van der Waals surface area (Å²) >= 11 is 0. The number of hydrogen-bond acceptors (Lipinski definition) is 4. The fourth-order valence-corrected chi connectivity index (χ4v) is 3.63. The van der Waals surface area contributed by atoms with Crippen LogP contribution in [0.3, 0.4) is 0 Å². The molecule has 0 spiro atoms. The van der Waals surface area contributed by atoms with Crippen molar-refractivity contribution in [2.24, 2.45) is 0 Å². The van der Waals surface area contributed by atoms with Gasteiger partial charge in [-0.15, -0.1) is 0 Å². The SMILES string of the molecule is COc1ccccc1N1c2ccccc2COc2c1oc1ccc(C)cc21. The quantitative estimate of drug-likeness (QED) is 0.433. The van der Waals surface area contributed by atoms with Crippen LogP contribution in [0.5, 0.6) is 11.5 Å². The second-order valence-corrected chi connectivity index (χ2v) is 6.66. The minimum atomic E-state index is 0.484. The molecule has 0 radical (unpaired) electrons. The molecule has 0 unspecified atom stereocenters. The zero-order valence-electron chi connectivity index (χ0n) is 15.2. The second kappa shape index (κ2) is 6.09. The molecule has 0 saturated heterocycles. The van der Waals surface area contributed by atoms with Crippen LogP contribution in [0.1, 0.15) is 11.1 Å². The number of hydrogen-bond donors (Lipinski definition) is 0. The van der Waals surface area contributed by atoms with Gasteiger partial charge in [0, 0.05) is 5.56 Å². The van der Waals surface area contributed by atoms with Crippen molar-refractivity contribution >= 4 is 28.2 Å². The summed E-state index contributed by atoms with van der Waals surface area (Å²) in [7, 11) is 1.68. The molecule has 0 bridgehead atoms. The highest BCUT2D eigenvalue weighted by Gasteiger charge is 2.30. The predicted molar refractivity (Wildman–Crippen MR) is 107 cm³/mol. The van der Waals surface area contributed by atoms with Crippen molar-refractivity contribution in [1.29, 1.82) is 0 Å². The van der Waals surface area contributed by atoms with Crippen LogP contribution in [-0.2, 0) is 6.61 Å². The Bertz CT molecular complexity index is 1150. The van der Waals surface area contributed by atoms with Gasteiger partial charge in [0.1, 0.15) is 17.9 Å². The van der Waals surface area contributed by atoms with Crippen molar-refractivity contribution in [3.63, 3.8) is 0 Å². The summed E-state index contributed by atoms with van der Waals surface area (Å²) in [6, 6.07) is 22.3. The maximum absolute atomic E-state index is 6.29. The van der Waals surface area contributed by atoms with Crippen LogP contribution < -0.4 is 14.4 Å². The Morgan fingerprint density at radius 1 is 0.926 bits per heavy atom. The fourth-order valence-electron chi connectivity index (χ4n) is 3.63. The Kier molecular flexibility index (Phi) is 3.57. The van der Waals surface area contributed by atoms with E-state index in [4.69, 9.17) is 13.9 Å². The molecule has 5 rings (SSSR count). The van der Waals surface area contributed by atoms with Crippen molar-refractivity contribution in [1.82, 2.24) is 0 Å². The second-order valence-electron chi connectivity index (χ2n) is 6.66. The van der Waals surface area contributed by atoms with Gasteiger partial charge in [-0.25, -0.2) is 0 Å². The maximum Gasteiger partial charge on any atom is 0.248 e. The van der Waals surface area contributed by atoms with Crippen LogP contribution >= 0.6 is 0 Å². The third kappa shape index (κ3) is 2.45. The lowest BCUT2D eigenvalue weighted by molar-refractivity contribution is 0.311. The fraction of sp³-hybridized carbons (Fsp3) is 0.130. The van der Waals surface area contributed by atoms with Gasteiger partial charge in [0.05, 0.1) is 23.9 Å². The molecule has 4 heteroatoms. The molecule has 2 heterocycles. The Morgan fingerprint density at radius 2 is 1.70 bits per heavy atom. The van der Waals surface area contributed by atoms with Crippen molar-refractivity contribution in [2.75, 3.05) is 12.0 Å². The molecule has 1 aliphatic heterocycles. The molecule has 1 aliphatic rings. The van der Waals surface area contributed by atoms with E-state index in [-0.39, 0.29) is 0 Å². The minimum absolute atomic E-state index is 0.484. The van der Waals surface area contributed by atoms with Gasteiger partial charge in [0.25, 0.3) is 0 Å². The molecule has 0 saturated carbocycles. The van der Waals surface area contributed by atoms with Gasteiger partial charge in [-0.2, -0.15) is 0 Å². The van der Waals surface area contributed by atoms with Gasteiger partial charge in [0.2, 0.25) is 5.88 Å². The number of benzene rings is 3. The third-order valence-corrected chi connectivity index (χ3v) is 4.91. The molecule has 0 aliphatic carbocycles. The molecular weight excluding hydrogens is 338 g/mol. The third-order valence-electron chi connectivity index (χ3n) is 4.91. The molecule has 3 aromatic carbocycles. The predicted octanol–water partition coefficient (Wildman–Crippen LogP) is 6.11. The van der Waals surface area contributed by atoms with Crippen molar-refractivity contribution in [2.45, 2.75) is 13.5 Å². The van der Waals surface area contributed by atoms with E-state index in [1.54, 1.807) is 7.11 Å². The van der Waals surface area contributed by atoms with Gasteiger partial charge >= 0.3 is 0 Å². The highest BCUT2D eigenvalue weighted by molar-refractivity contribution is 5.95. The Labute approximate surface area is 157 Å². The Morgan fingerprint density at radius 3 is 2.56 bits per heavy atom. The molecule has 0 amide bonds. The van der Waals surface area contributed by atoms with E-state index in [2.05, 4.69) is 30.0 Å². The van der Waals surface area contributed by atoms with Crippen molar-refractivity contribution in [3.05, 3.63) is 77.9 Å². The lowest BCUT2D eigenvalue weighted by Crippen LogP contribution is -2.11. The first-order chi connectivity index (χ1) is 13.3. The largest absolute Gasteiger partial charge is 0.495 e. The van der Waals surface area contributed by atoms with Crippen LogP contribution in [0.25, 0.3) is 11.0 Å². The number of rotatable bonds is 2. The normalized spacial score (nSPS) is 12.9. The smallest absolute Gasteiger partial charge is 0.248 e. The summed E-state index contributed by atoms with van der Waals surface area (Å²) in [6.07, 6.45) is 0. The molecule has 4 aromatic rings. The van der Waals surface area contributed by atoms with E-state index in [1.807, 2.05) is 48.5 Å². The highest BCUT2D eigenvalue weighted by Crippen LogP contribution is 2.51. The number of methoxy groups -OCH3 is 1. The zero-order valence-corrected chi connectivity index (χ0v) is 15.2. The molecular formula is C23H19NO3. The van der Waals surface area contributed by atoms with Crippen LogP contribution in [0.4, 0.5) is 17.3 Å². The summed E-state index contributed by atoms with van der Waals surface area (Å²) in [6.45, 7) is 2.56. The number of aryl methyl sites for hydroxylation is 1. The summed E-state index contributed by atoms with van der Waals surface area (Å²) in [5, 5.41) is 0.984. The molecule has 0 N–H and O–H groups in total. The first-order valence-corrected chi connectivity index (χ1v) is 8.93. The van der Waals surface area contributed by atoms with E-state index in [1.165, 1.54) is 5.56 Å². The van der Waals surface area contributed by atoms with E-state index in [0.29, 0.717) is 12.5 Å². The maximum atomic E-state index is 6.29. The number of furan rings is 1. The standard InChI is InChI=1S/C23H19NO3/c1-15-11-12-20-17(13-15)22-23(27-20)24(19-9-5-6-10-21(19)25-2)18-8-4-3-7-16(18)14-26-22/h3-13H,14H2,1-2H3. The van der Waals surface area contributed by atoms with Crippen LogP contribution in [0.15, 0.2) is 71.1 Å². The number of nitrogens with zero attached hydrogens (tertiary/aromatic N) is 1.